The quantitative estimate of drug-likeness (QED) is 0.251. The maximum Gasteiger partial charge on any atom is 0.259 e. The highest BCUT2D eigenvalue weighted by Crippen LogP contribution is 2.09. The molecule has 0 aliphatic carbocycles. The largest absolute Gasteiger partial charge is 0.365 e. The number of halogens is 1. The lowest BCUT2D eigenvalue weighted by molar-refractivity contribution is -0.525. The fourth-order valence-electron chi connectivity index (χ4n) is 2.21. The van der Waals surface area contributed by atoms with Crippen LogP contribution in [-0.4, -0.2) is 47.5 Å². The van der Waals surface area contributed by atoms with Gasteiger partial charge in [-0.25, -0.2) is 10.1 Å². The molecule has 0 bridgehead atoms. The fourth-order valence-corrected chi connectivity index (χ4v) is 2.21. The molecular formula is C11H23ClN6O3. The number of aliphatic imine (C=N–C) groups is 1. The molecule has 9 nitrogen and oxygen atoms in total. The standard InChI is InChI=1S/C11H22N6O3.ClH/c12-9(8-16-6-1-2-7-16)4-3-5-10(18)14-11(13)15-17(19)20;/h9H,1-8,12H2,(H3,13,14,15,18);1H/t9-;/m0./s1. The lowest BCUT2D eigenvalue weighted by atomic mass is 10.1. The van der Waals surface area contributed by atoms with Gasteiger partial charge in [-0.1, -0.05) is 5.43 Å². The van der Waals surface area contributed by atoms with E-state index in [1.54, 1.807) is 5.43 Å². The molecule has 0 aromatic heterocycles. The van der Waals surface area contributed by atoms with Crippen molar-refractivity contribution in [2.75, 3.05) is 19.6 Å². The number of hydrogen-bond donors (Lipinski definition) is 3. The predicted octanol–water partition coefficient (Wildman–Crippen LogP) is -0.376. The fraction of sp³-hybridized carbons (Fsp3) is 0.818. The van der Waals surface area contributed by atoms with Crippen molar-refractivity contribution in [3.05, 3.63) is 10.1 Å². The second kappa shape index (κ2) is 10.3. The molecule has 1 aliphatic rings. The van der Waals surface area contributed by atoms with Crippen LogP contribution < -0.4 is 16.9 Å². The Bertz CT molecular complexity index is 373. The number of carbonyl (C=O) groups excluding carboxylic acids is 1. The highest BCUT2D eigenvalue weighted by atomic mass is 35.5. The SMILES string of the molecule is Cl.NC(=NC(=O)CCC[C@H](N)CN1CCCC1)N[N+](=O)[O-]. The molecule has 1 saturated heterocycles. The Morgan fingerprint density at radius 3 is 2.62 bits per heavy atom. The van der Waals surface area contributed by atoms with Crippen molar-refractivity contribution in [3.8, 4) is 0 Å². The number of amides is 1. The van der Waals surface area contributed by atoms with Gasteiger partial charge in [0.1, 0.15) is 0 Å². The van der Waals surface area contributed by atoms with Crippen LogP contribution >= 0.6 is 12.4 Å². The number of rotatable bonds is 7. The summed E-state index contributed by atoms with van der Waals surface area (Å²) < 4.78 is 0. The average Bonchev–Trinajstić information content (AvgIpc) is 2.80. The van der Waals surface area contributed by atoms with E-state index in [2.05, 4.69) is 9.89 Å². The number of guanidine groups is 1. The summed E-state index contributed by atoms with van der Waals surface area (Å²) in [6.07, 6.45) is 3.96. The van der Waals surface area contributed by atoms with Crippen molar-refractivity contribution < 1.29 is 9.83 Å². The Morgan fingerprint density at radius 1 is 1.43 bits per heavy atom. The van der Waals surface area contributed by atoms with Crippen LogP contribution in [0.4, 0.5) is 0 Å². The van der Waals surface area contributed by atoms with Gasteiger partial charge in [-0.15, -0.1) is 12.4 Å². The molecule has 0 spiro atoms. The normalized spacial score (nSPS) is 17.1. The van der Waals surface area contributed by atoms with Crippen molar-refractivity contribution in [3.63, 3.8) is 0 Å². The van der Waals surface area contributed by atoms with Crippen LogP contribution in [0.15, 0.2) is 4.99 Å². The predicted molar refractivity (Wildman–Crippen MR) is 81.5 cm³/mol. The van der Waals surface area contributed by atoms with Gasteiger partial charge in [0.2, 0.25) is 5.91 Å². The van der Waals surface area contributed by atoms with Crippen molar-refractivity contribution in [1.82, 2.24) is 10.3 Å². The van der Waals surface area contributed by atoms with E-state index >= 15 is 0 Å². The first-order chi connectivity index (χ1) is 9.47. The second-order valence-corrected chi connectivity index (χ2v) is 4.92. The molecule has 0 aromatic carbocycles. The van der Waals surface area contributed by atoms with Crippen molar-refractivity contribution in [2.45, 2.75) is 38.1 Å². The number of hydrazine groups is 1. The van der Waals surface area contributed by atoms with Crippen LogP contribution in [0.5, 0.6) is 0 Å². The molecule has 10 heteroatoms. The van der Waals surface area contributed by atoms with E-state index in [0.717, 1.165) is 26.1 Å². The summed E-state index contributed by atoms with van der Waals surface area (Å²) in [6.45, 7) is 3.04. The molecule has 1 rings (SSSR count). The first-order valence-corrected chi connectivity index (χ1v) is 6.73. The summed E-state index contributed by atoms with van der Waals surface area (Å²) in [5.41, 5.74) is 12.8. The highest BCUT2D eigenvalue weighted by molar-refractivity contribution is 5.91. The number of carbonyl (C=O) groups is 1. The van der Waals surface area contributed by atoms with Gasteiger partial charge in [0, 0.05) is 19.0 Å². The Balaban J connectivity index is 0.00000400. The zero-order valence-corrected chi connectivity index (χ0v) is 12.7. The molecule has 1 heterocycles. The molecule has 122 valence electrons. The molecule has 21 heavy (non-hydrogen) atoms. The molecule has 0 aromatic rings. The van der Waals surface area contributed by atoms with Gasteiger partial charge < -0.3 is 16.4 Å². The van der Waals surface area contributed by atoms with Crippen LogP contribution in [0.25, 0.3) is 0 Å². The van der Waals surface area contributed by atoms with Gasteiger partial charge in [0.05, 0.1) is 0 Å². The summed E-state index contributed by atoms with van der Waals surface area (Å²) in [5, 5.41) is 9.20. The van der Waals surface area contributed by atoms with Crippen LogP contribution in [-0.2, 0) is 4.79 Å². The zero-order valence-electron chi connectivity index (χ0n) is 11.9. The van der Waals surface area contributed by atoms with E-state index in [1.807, 2.05) is 0 Å². The van der Waals surface area contributed by atoms with Crippen LogP contribution in [0.2, 0.25) is 0 Å². The van der Waals surface area contributed by atoms with Crippen LogP contribution in [0.1, 0.15) is 32.1 Å². The van der Waals surface area contributed by atoms with E-state index < -0.39 is 16.9 Å². The Hall–Kier alpha value is -1.45. The van der Waals surface area contributed by atoms with Gasteiger partial charge >= 0.3 is 0 Å². The van der Waals surface area contributed by atoms with Gasteiger partial charge in [0.25, 0.3) is 5.96 Å². The van der Waals surface area contributed by atoms with Gasteiger partial charge in [-0.05, 0) is 38.8 Å². The third-order valence-corrected chi connectivity index (χ3v) is 3.11. The topological polar surface area (TPSA) is 140 Å². The number of nitro groups is 1. The summed E-state index contributed by atoms with van der Waals surface area (Å²) >= 11 is 0. The summed E-state index contributed by atoms with van der Waals surface area (Å²) in [7, 11) is 0. The van der Waals surface area contributed by atoms with E-state index in [0.29, 0.717) is 6.42 Å². The van der Waals surface area contributed by atoms with Gasteiger partial charge in [-0.3, -0.25) is 4.79 Å². The van der Waals surface area contributed by atoms with Crippen LogP contribution in [0, 0.1) is 10.1 Å². The van der Waals surface area contributed by atoms with E-state index in [-0.39, 0.29) is 24.9 Å². The highest BCUT2D eigenvalue weighted by Gasteiger charge is 2.15. The lowest BCUT2D eigenvalue weighted by Crippen LogP contribution is -2.37. The molecule has 0 radical (unpaired) electrons. The number of nitrogens with one attached hydrogen (secondary N) is 1. The third kappa shape index (κ3) is 9.16. The van der Waals surface area contributed by atoms with Crippen molar-refractivity contribution in [2.24, 2.45) is 16.5 Å². The van der Waals surface area contributed by atoms with E-state index in [1.165, 1.54) is 12.8 Å². The minimum Gasteiger partial charge on any atom is -0.365 e. The molecule has 5 N–H and O–H groups in total. The minimum atomic E-state index is -0.863. The smallest absolute Gasteiger partial charge is 0.259 e. The Morgan fingerprint density at radius 2 is 2.05 bits per heavy atom. The van der Waals surface area contributed by atoms with Crippen LogP contribution in [0.3, 0.4) is 0 Å². The summed E-state index contributed by atoms with van der Waals surface area (Å²) in [5.74, 6) is -0.980. The van der Waals surface area contributed by atoms with E-state index in [4.69, 9.17) is 11.5 Å². The Labute approximate surface area is 129 Å². The molecule has 0 saturated carbocycles. The molecule has 1 fully saturated rings. The maximum atomic E-state index is 11.4. The Kier molecular flexibility index (Phi) is 9.59. The lowest BCUT2D eigenvalue weighted by Gasteiger charge is -2.19. The van der Waals surface area contributed by atoms with Gasteiger partial charge in [0.15, 0.2) is 5.03 Å². The average molecular weight is 323 g/mol. The molecule has 1 amide bonds. The summed E-state index contributed by atoms with van der Waals surface area (Å²) in [4.78, 5) is 27.1. The van der Waals surface area contributed by atoms with Gasteiger partial charge in [-0.2, -0.15) is 4.99 Å². The third-order valence-electron chi connectivity index (χ3n) is 3.11. The number of nitrogens with two attached hydrogens (primary N) is 2. The maximum absolute atomic E-state index is 11.4. The molecule has 1 aliphatic heterocycles. The van der Waals surface area contributed by atoms with E-state index in [9.17, 15) is 14.9 Å². The number of hydrogen-bond acceptors (Lipinski definition) is 5. The second-order valence-electron chi connectivity index (χ2n) is 4.92. The first kappa shape index (κ1) is 19.6. The summed E-state index contributed by atoms with van der Waals surface area (Å²) in [6, 6.07) is 0.0409. The first-order valence-electron chi connectivity index (χ1n) is 6.73. The molecule has 1 atom stereocenters. The monoisotopic (exact) mass is 322 g/mol. The minimum absolute atomic E-state index is 0. The molecular weight excluding hydrogens is 300 g/mol. The molecule has 0 unspecified atom stereocenters. The van der Waals surface area contributed by atoms with Crippen molar-refractivity contribution in [1.29, 1.82) is 0 Å². The number of likely N-dealkylation sites (tertiary alicyclic amines) is 1. The number of nitrogens with zero attached hydrogens (tertiary/aromatic N) is 3. The zero-order chi connectivity index (χ0) is 15.0. The van der Waals surface area contributed by atoms with Crippen molar-refractivity contribution >= 4 is 24.3 Å².